The lowest BCUT2D eigenvalue weighted by Gasteiger charge is -2.11. The summed E-state index contributed by atoms with van der Waals surface area (Å²) in [6.45, 7) is 2.05. The second-order valence-electron chi connectivity index (χ2n) is 7.98. The minimum atomic E-state index is 0.500. The van der Waals surface area contributed by atoms with Crippen LogP contribution in [0.3, 0.4) is 0 Å². The summed E-state index contributed by atoms with van der Waals surface area (Å²) >= 11 is 0. The van der Waals surface area contributed by atoms with E-state index in [1.807, 2.05) is 77.7 Å². The van der Waals surface area contributed by atoms with Gasteiger partial charge in [-0.15, -0.1) is 5.10 Å². The van der Waals surface area contributed by atoms with Crippen LogP contribution in [0.15, 0.2) is 67.9 Å². The maximum Gasteiger partial charge on any atom is 0.218 e. The normalized spacial score (nSPS) is 11.4. The fourth-order valence-electron chi connectivity index (χ4n) is 3.96. The number of anilines is 2. The Hall–Kier alpha value is -4.80. The predicted octanol–water partition coefficient (Wildman–Crippen LogP) is 3.16. The summed E-state index contributed by atoms with van der Waals surface area (Å²) in [6, 6.07) is 5.87. The molecule has 0 unspecified atom stereocenters. The van der Waals surface area contributed by atoms with Gasteiger partial charge in [-0.1, -0.05) is 0 Å². The van der Waals surface area contributed by atoms with Crippen LogP contribution in [0.2, 0.25) is 0 Å². The van der Waals surface area contributed by atoms with E-state index in [0.717, 1.165) is 28.0 Å². The zero-order chi connectivity index (χ0) is 23.2. The SMILES string of the molecule is Cc1c(-c2ccn(C)n2)cn2nc(-c3nccn3C)nc(Nc3ccc(-n4ccnc4)cn3)c12. The number of aryl methyl sites for hydroxylation is 3. The maximum atomic E-state index is 4.84. The van der Waals surface area contributed by atoms with Gasteiger partial charge < -0.3 is 14.5 Å². The van der Waals surface area contributed by atoms with E-state index in [2.05, 4.69) is 25.4 Å². The fourth-order valence-corrected chi connectivity index (χ4v) is 3.96. The molecule has 0 fully saturated rings. The van der Waals surface area contributed by atoms with Crippen molar-refractivity contribution in [2.45, 2.75) is 6.92 Å². The van der Waals surface area contributed by atoms with Gasteiger partial charge in [0.05, 0.1) is 23.9 Å². The highest BCUT2D eigenvalue weighted by atomic mass is 15.3. The van der Waals surface area contributed by atoms with Crippen molar-refractivity contribution in [1.29, 1.82) is 0 Å². The number of pyridine rings is 1. The lowest BCUT2D eigenvalue weighted by Crippen LogP contribution is -2.07. The van der Waals surface area contributed by atoms with E-state index >= 15 is 0 Å². The smallest absolute Gasteiger partial charge is 0.218 e. The summed E-state index contributed by atoms with van der Waals surface area (Å²) in [7, 11) is 3.82. The van der Waals surface area contributed by atoms with Crippen LogP contribution in [-0.4, -0.2) is 48.5 Å². The summed E-state index contributed by atoms with van der Waals surface area (Å²) in [5, 5.41) is 12.7. The van der Waals surface area contributed by atoms with Gasteiger partial charge in [0.15, 0.2) is 11.6 Å². The molecule has 6 aromatic heterocycles. The molecule has 168 valence electrons. The van der Waals surface area contributed by atoms with Crippen molar-refractivity contribution in [1.82, 2.24) is 48.5 Å². The summed E-state index contributed by atoms with van der Waals surface area (Å²) < 4.78 is 7.40. The molecule has 6 heterocycles. The minimum absolute atomic E-state index is 0.500. The molecule has 0 spiro atoms. The highest BCUT2D eigenvalue weighted by Crippen LogP contribution is 2.32. The third kappa shape index (κ3) is 3.30. The number of hydrogen-bond acceptors (Lipinski definition) is 7. The standard InChI is InChI=1S/C23H21N11/c1-15-17(18-6-9-32(3)29-18)13-34-20(15)21(28-22(30-34)23-25-8-10-31(23)2)27-19-5-4-16(12-26-19)33-11-7-24-14-33/h4-14H,1-3H3,(H,26,27,28,30). The largest absolute Gasteiger partial charge is 0.331 e. The minimum Gasteiger partial charge on any atom is -0.331 e. The second kappa shape index (κ2) is 7.66. The van der Waals surface area contributed by atoms with Crippen LogP contribution >= 0.6 is 0 Å². The van der Waals surface area contributed by atoms with E-state index in [1.165, 1.54) is 0 Å². The van der Waals surface area contributed by atoms with E-state index in [-0.39, 0.29) is 0 Å². The molecule has 6 aromatic rings. The first kappa shape index (κ1) is 19.9. The van der Waals surface area contributed by atoms with Crippen LogP contribution in [0.5, 0.6) is 0 Å². The van der Waals surface area contributed by atoms with Crippen LogP contribution in [0.25, 0.3) is 34.1 Å². The maximum absolute atomic E-state index is 4.84. The van der Waals surface area contributed by atoms with E-state index < -0.39 is 0 Å². The quantitative estimate of drug-likeness (QED) is 0.429. The van der Waals surface area contributed by atoms with Gasteiger partial charge in [-0.3, -0.25) is 4.68 Å². The lowest BCUT2D eigenvalue weighted by atomic mass is 10.1. The van der Waals surface area contributed by atoms with Crippen molar-refractivity contribution in [3.8, 4) is 28.6 Å². The molecule has 0 aromatic carbocycles. The molecule has 0 bridgehead atoms. The molecular formula is C23H21N11. The van der Waals surface area contributed by atoms with Crippen molar-refractivity contribution in [3.63, 3.8) is 0 Å². The molecular weight excluding hydrogens is 430 g/mol. The monoisotopic (exact) mass is 451 g/mol. The molecule has 34 heavy (non-hydrogen) atoms. The zero-order valence-electron chi connectivity index (χ0n) is 18.8. The van der Waals surface area contributed by atoms with Crippen LogP contribution in [0.1, 0.15) is 5.56 Å². The van der Waals surface area contributed by atoms with Crippen LogP contribution in [0, 0.1) is 6.92 Å². The lowest BCUT2D eigenvalue weighted by molar-refractivity contribution is 0.770. The molecule has 0 aliphatic heterocycles. The Bertz CT molecular complexity index is 1600. The fraction of sp³-hybridized carbons (Fsp3) is 0.130. The first-order chi connectivity index (χ1) is 16.6. The van der Waals surface area contributed by atoms with Crippen molar-refractivity contribution in [3.05, 3.63) is 73.5 Å². The third-order valence-corrected chi connectivity index (χ3v) is 5.69. The van der Waals surface area contributed by atoms with E-state index in [0.29, 0.717) is 23.3 Å². The van der Waals surface area contributed by atoms with Gasteiger partial charge in [0, 0.05) is 56.8 Å². The molecule has 0 atom stereocenters. The Morgan fingerprint density at radius 2 is 1.85 bits per heavy atom. The number of imidazole rings is 2. The molecule has 11 nitrogen and oxygen atoms in total. The average Bonchev–Trinajstić information content (AvgIpc) is 3.62. The van der Waals surface area contributed by atoms with Crippen molar-refractivity contribution in [2.75, 3.05) is 5.32 Å². The first-order valence-corrected chi connectivity index (χ1v) is 10.7. The molecule has 0 radical (unpaired) electrons. The number of nitrogens with zero attached hydrogens (tertiary/aromatic N) is 10. The highest BCUT2D eigenvalue weighted by Gasteiger charge is 2.19. The number of aromatic nitrogens is 10. The molecule has 6 rings (SSSR count). The topological polar surface area (TPSA) is 109 Å². The summed E-state index contributed by atoms with van der Waals surface area (Å²) in [5.41, 5.74) is 4.64. The van der Waals surface area contributed by atoms with Gasteiger partial charge in [0.1, 0.15) is 11.3 Å². The Balaban J connectivity index is 1.48. The molecule has 0 saturated heterocycles. The van der Waals surface area contributed by atoms with Crippen LogP contribution in [0.4, 0.5) is 11.6 Å². The molecule has 0 aliphatic rings. The second-order valence-corrected chi connectivity index (χ2v) is 7.98. The van der Waals surface area contributed by atoms with Gasteiger partial charge >= 0.3 is 0 Å². The Morgan fingerprint density at radius 1 is 0.941 bits per heavy atom. The first-order valence-electron chi connectivity index (χ1n) is 10.7. The predicted molar refractivity (Wildman–Crippen MR) is 127 cm³/mol. The number of hydrogen-bond donors (Lipinski definition) is 1. The van der Waals surface area contributed by atoms with E-state index in [9.17, 15) is 0 Å². The van der Waals surface area contributed by atoms with Gasteiger partial charge in [0.2, 0.25) is 5.82 Å². The van der Waals surface area contributed by atoms with E-state index in [4.69, 9.17) is 10.1 Å². The molecule has 0 aliphatic carbocycles. The number of rotatable bonds is 5. The summed E-state index contributed by atoms with van der Waals surface area (Å²) in [4.78, 5) is 17.9. The van der Waals surface area contributed by atoms with Gasteiger partial charge in [-0.25, -0.2) is 24.5 Å². The summed E-state index contributed by atoms with van der Waals surface area (Å²) in [5.74, 6) is 2.46. The number of nitrogens with one attached hydrogen (secondary N) is 1. The van der Waals surface area contributed by atoms with Crippen LogP contribution in [-0.2, 0) is 14.1 Å². The van der Waals surface area contributed by atoms with Crippen molar-refractivity contribution >= 4 is 17.2 Å². The van der Waals surface area contributed by atoms with Gasteiger partial charge in [-0.05, 0) is 30.7 Å². The summed E-state index contributed by atoms with van der Waals surface area (Å²) in [6.07, 6.45) is 14.6. The Morgan fingerprint density at radius 3 is 2.53 bits per heavy atom. The molecule has 11 heteroatoms. The van der Waals surface area contributed by atoms with Crippen molar-refractivity contribution in [2.24, 2.45) is 14.1 Å². The van der Waals surface area contributed by atoms with E-state index in [1.54, 1.807) is 29.6 Å². The molecule has 1 N–H and O–H groups in total. The van der Waals surface area contributed by atoms with Gasteiger partial charge in [-0.2, -0.15) is 5.10 Å². The van der Waals surface area contributed by atoms with Gasteiger partial charge in [0.25, 0.3) is 0 Å². The Labute approximate surface area is 194 Å². The van der Waals surface area contributed by atoms with Crippen molar-refractivity contribution < 1.29 is 0 Å². The third-order valence-electron chi connectivity index (χ3n) is 5.69. The molecule has 0 amide bonds. The zero-order valence-corrected chi connectivity index (χ0v) is 18.8. The van der Waals surface area contributed by atoms with Crippen LogP contribution < -0.4 is 5.32 Å². The Kier molecular flexibility index (Phi) is 4.47. The molecule has 0 saturated carbocycles. The average molecular weight is 451 g/mol. The highest BCUT2D eigenvalue weighted by molar-refractivity contribution is 5.84. The number of fused-ring (bicyclic) bond motifs is 1.